The van der Waals surface area contributed by atoms with Crippen LogP contribution in [0.3, 0.4) is 0 Å². The molecule has 0 aliphatic rings. The second kappa shape index (κ2) is 5.34. The van der Waals surface area contributed by atoms with E-state index in [0.717, 1.165) is 10.5 Å². The molecule has 2 aromatic rings. The Balaban J connectivity index is 2.40. The van der Waals surface area contributed by atoms with Crippen LogP contribution in [0.4, 0.5) is 15.9 Å². The van der Waals surface area contributed by atoms with Crippen molar-refractivity contribution in [2.45, 2.75) is 0 Å². The fourth-order valence-electron chi connectivity index (χ4n) is 1.35. The van der Waals surface area contributed by atoms with E-state index in [1.165, 1.54) is 6.20 Å². The summed E-state index contributed by atoms with van der Waals surface area (Å²) >= 11 is 8.90. The first-order valence-electron chi connectivity index (χ1n) is 4.88. The number of nitriles is 1. The van der Waals surface area contributed by atoms with Crippen LogP contribution in [0.1, 0.15) is 5.56 Å². The highest BCUT2D eigenvalue weighted by Crippen LogP contribution is 2.25. The predicted molar refractivity (Wildman–Crippen MR) is 71.3 cm³/mol. The lowest BCUT2D eigenvalue weighted by atomic mass is 10.2. The summed E-state index contributed by atoms with van der Waals surface area (Å²) in [5, 5.41) is 11.9. The fraction of sp³-hybridized carbons (Fsp3) is 0. The van der Waals surface area contributed by atoms with E-state index < -0.39 is 5.82 Å². The Hall–Kier alpha value is -1.64. The smallest absolute Gasteiger partial charge is 0.167 e. The predicted octanol–water partition coefficient (Wildman–Crippen LogP) is 4.25. The van der Waals surface area contributed by atoms with Crippen LogP contribution in [0, 0.1) is 17.1 Å². The topological polar surface area (TPSA) is 48.7 Å². The van der Waals surface area contributed by atoms with Crippen molar-refractivity contribution in [1.29, 1.82) is 5.26 Å². The molecule has 0 fully saturated rings. The van der Waals surface area contributed by atoms with Crippen molar-refractivity contribution >= 4 is 39.0 Å². The summed E-state index contributed by atoms with van der Waals surface area (Å²) in [6, 6.07) is 8.20. The molecular weight excluding hydrogens is 321 g/mol. The Morgan fingerprint density at radius 2 is 2.17 bits per heavy atom. The minimum atomic E-state index is -0.577. The van der Waals surface area contributed by atoms with E-state index in [-0.39, 0.29) is 10.8 Å². The maximum absolute atomic E-state index is 13.6. The van der Waals surface area contributed by atoms with Crippen LogP contribution < -0.4 is 5.32 Å². The molecule has 0 aliphatic heterocycles. The highest BCUT2D eigenvalue weighted by molar-refractivity contribution is 9.10. The van der Waals surface area contributed by atoms with E-state index >= 15 is 0 Å². The van der Waals surface area contributed by atoms with E-state index in [9.17, 15) is 4.39 Å². The minimum absolute atomic E-state index is 0.0222. The first kappa shape index (κ1) is 12.8. The van der Waals surface area contributed by atoms with Crippen LogP contribution >= 0.6 is 27.5 Å². The second-order valence-electron chi connectivity index (χ2n) is 3.41. The number of nitrogens with one attached hydrogen (secondary N) is 1. The van der Waals surface area contributed by atoms with Gasteiger partial charge < -0.3 is 5.32 Å². The van der Waals surface area contributed by atoms with Gasteiger partial charge in [-0.05, 0) is 24.3 Å². The van der Waals surface area contributed by atoms with Gasteiger partial charge in [-0.1, -0.05) is 27.5 Å². The van der Waals surface area contributed by atoms with Gasteiger partial charge in [-0.3, -0.25) is 0 Å². The van der Waals surface area contributed by atoms with Gasteiger partial charge in [-0.25, -0.2) is 9.37 Å². The van der Waals surface area contributed by atoms with Gasteiger partial charge in [0.05, 0.1) is 16.3 Å². The summed E-state index contributed by atoms with van der Waals surface area (Å²) in [4.78, 5) is 3.84. The molecule has 0 saturated heterocycles. The zero-order valence-corrected chi connectivity index (χ0v) is 11.3. The monoisotopic (exact) mass is 325 g/mol. The Morgan fingerprint density at radius 3 is 2.83 bits per heavy atom. The SMILES string of the molecule is N#Cc1ccc(Br)cc1Nc1ncc(Cl)cc1F. The van der Waals surface area contributed by atoms with Gasteiger partial charge in [0.25, 0.3) is 0 Å². The van der Waals surface area contributed by atoms with Crippen molar-refractivity contribution in [1.82, 2.24) is 4.98 Å². The molecule has 1 aromatic carbocycles. The van der Waals surface area contributed by atoms with E-state index in [4.69, 9.17) is 16.9 Å². The molecule has 18 heavy (non-hydrogen) atoms. The number of rotatable bonds is 2. The lowest BCUT2D eigenvalue weighted by molar-refractivity contribution is 0.626. The molecule has 0 unspecified atom stereocenters. The average Bonchev–Trinajstić information content (AvgIpc) is 2.33. The molecule has 0 amide bonds. The number of hydrogen-bond donors (Lipinski definition) is 1. The molecule has 1 N–H and O–H groups in total. The lowest BCUT2D eigenvalue weighted by Crippen LogP contribution is -1.99. The highest BCUT2D eigenvalue weighted by atomic mass is 79.9. The van der Waals surface area contributed by atoms with E-state index in [2.05, 4.69) is 26.2 Å². The Labute approximate surface area is 116 Å². The summed E-state index contributed by atoms with van der Waals surface area (Å²) in [7, 11) is 0. The van der Waals surface area contributed by atoms with Gasteiger partial charge in [0, 0.05) is 10.7 Å². The largest absolute Gasteiger partial charge is 0.337 e. The number of hydrogen-bond acceptors (Lipinski definition) is 3. The van der Waals surface area contributed by atoms with Crippen molar-refractivity contribution in [3.05, 3.63) is 51.3 Å². The molecule has 90 valence electrons. The third-order valence-corrected chi connectivity index (χ3v) is 2.86. The summed E-state index contributed by atoms with van der Waals surface area (Å²) in [5.74, 6) is -0.555. The summed E-state index contributed by atoms with van der Waals surface area (Å²) in [6.45, 7) is 0. The molecule has 2 rings (SSSR count). The fourth-order valence-corrected chi connectivity index (χ4v) is 1.86. The molecular formula is C12H6BrClFN3. The molecule has 0 atom stereocenters. The number of benzene rings is 1. The van der Waals surface area contributed by atoms with Crippen LogP contribution in [0.2, 0.25) is 5.02 Å². The molecule has 0 spiro atoms. The van der Waals surface area contributed by atoms with Crippen LogP contribution in [0.25, 0.3) is 0 Å². The van der Waals surface area contributed by atoms with Gasteiger partial charge in [0.2, 0.25) is 0 Å². The van der Waals surface area contributed by atoms with Gasteiger partial charge in [-0.2, -0.15) is 5.26 Å². The summed E-state index contributed by atoms with van der Waals surface area (Å²) < 4.78 is 14.3. The maximum Gasteiger partial charge on any atom is 0.167 e. The molecule has 0 aliphatic carbocycles. The molecule has 1 aromatic heterocycles. The number of aromatic nitrogens is 1. The van der Waals surface area contributed by atoms with E-state index in [1.807, 2.05) is 6.07 Å². The lowest BCUT2D eigenvalue weighted by Gasteiger charge is -2.08. The van der Waals surface area contributed by atoms with Crippen LogP contribution in [-0.2, 0) is 0 Å². The third-order valence-electron chi connectivity index (χ3n) is 2.16. The normalized spacial score (nSPS) is 9.89. The maximum atomic E-state index is 13.6. The van der Waals surface area contributed by atoms with Gasteiger partial charge in [0.1, 0.15) is 6.07 Å². The highest BCUT2D eigenvalue weighted by Gasteiger charge is 2.08. The Kier molecular flexibility index (Phi) is 3.80. The quantitative estimate of drug-likeness (QED) is 0.897. The van der Waals surface area contributed by atoms with E-state index in [1.54, 1.807) is 18.2 Å². The summed E-state index contributed by atoms with van der Waals surface area (Å²) in [6.07, 6.45) is 1.33. The molecule has 3 nitrogen and oxygen atoms in total. The second-order valence-corrected chi connectivity index (χ2v) is 4.76. The van der Waals surface area contributed by atoms with Crippen molar-refractivity contribution < 1.29 is 4.39 Å². The Morgan fingerprint density at radius 1 is 1.39 bits per heavy atom. The third kappa shape index (κ3) is 2.78. The molecule has 6 heteroatoms. The van der Waals surface area contributed by atoms with Gasteiger partial charge >= 0.3 is 0 Å². The molecule has 0 radical (unpaired) electrons. The zero-order chi connectivity index (χ0) is 13.1. The number of anilines is 2. The van der Waals surface area contributed by atoms with Gasteiger partial charge in [0.15, 0.2) is 11.6 Å². The average molecular weight is 327 g/mol. The molecule has 0 bridgehead atoms. The number of pyridine rings is 1. The van der Waals surface area contributed by atoms with Crippen molar-refractivity contribution in [2.75, 3.05) is 5.32 Å². The Bertz CT molecular complexity index is 640. The zero-order valence-electron chi connectivity index (χ0n) is 8.92. The van der Waals surface area contributed by atoms with Gasteiger partial charge in [-0.15, -0.1) is 0 Å². The van der Waals surface area contributed by atoms with Crippen molar-refractivity contribution in [3.8, 4) is 6.07 Å². The first-order chi connectivity index (χ1) is 8.60. The van der Waals surface area contributed by atoms with Crippen LogP contribution in [-0.4, -0.2) is 4.98 Å². The van der Waals surface area contributed by atoms with Crippen LogP contribution in [0.5, 0.6) is 0 Å². The standard InChI is InChI=1S/C12H6BrClFN3/c13-8-2-1-7(5-16)11(3-8)18-12-10(15)4-9(14)6-17-12/h1-4,6H,(H,17,18). The first-order valence-corrected chi connectivity index (χ1v) is 6.05. The minimum Gasteiger partial charge on any atom is -0.337 e. The molecule has 1 heterocycles. The van der Waals surface area contributed by atoms with Crippen molar-refractivity contribution in [3.63, 3.8) is 0 Å². The van der Waals surface area contributed by atoms with E-state index in [0.29, 0.717) is 11.3 Å². The molecule has 0 saturated carbocycles. The number of halogens is 3. The summed E-state index contributed by atoms with van der Waals surface area (Å²) in [5.41, 5.74) is 0.870. The van der Waals surface area contributed by atoms with Crippen LogP contribution in [0.15, 0.2) is 34.9 Å². The van der Waals surface area contributed by atoms with Crippen molar-refractivity contribution in [2.24, 2.45) is 0 Å². The number of nitrogens with zero attached hydrogens (tertiary/aromatic N) is 2.